The summed E-state index contributed by atoms with van der Waals surface area (Å²) in [4.78, 5) is 0. The van der Waals surface area contributed by atoms with Crippen molar-refractivity contribution in [2.24, 2.45) is 0 Å². The third-order valence-electron chi connectivity index (χ3n) is 3.27. The third-order valence-corrected chi connectivity index (χ3v) is 3.27. The van der Waals surface area contributed by atoms with E-state index in [1.165, 1.54) is 12.0 Å². The van der Waals surface area contributed by atoms with E-state index in [0.717, 1.165) is 25.0 Å². The first kappa shape index (κ1) is 10.5. The fraction of sp³-hybridized carbons (Fsp3) is 0.538. The fourth-order valence-corrected chi connectivity index (χ4v) is 2.35. The van der Waals surface area contributed by atoms with Gasteiger partial charge in [0, 0.05) is 5.92 Å². The molecule has 0 spiro atoms. The summed E-state index contributed by atoms with van der Waals surface area (Å²) in [7, 11) is 1.67. The van der Waals surface area contributed by atoms with Crippen molar-refractivity contribution in [3.8, 4) is 5.75 Å². The number of hydrogen-bond donors (Lipinski definition) is 1. The van der Waals surface area contributed by atoms with E-state index in [2.05, 4.69) is 12.1 Å². The van der Waals surface area contributed by atoms with Gasteiger partial charge < -0.3 is 9.84 Å². The van der Waals surface area contributed by atoms with Crippen LogP contribution in [0, 0.1) is 0 Å². The summed E-state index contributed by atoms with van der Waals surface area (Å²) < 4.78 is 5.12. The highest BCUT2D eigenvalue weighted by molar-refractivity contribution is 5.30. The molecule has 1 aliphatic carbocycles. The quantitative estimate of drug-likeness (QED) is 0.806. The Morgan fingerprint density at radius 3 is 2.40 bits per heavy atom. The summed E-state index contributed by atoms with van der Waals surface area (Å²) >= 11 is 0. The SMILES string of the molecule is COc1ccc(C2CCCCC2O)cc1. The van der Waals surface area contributed by atoms with Gasteiger partial charge in [-0.05, 0) is 30.5 Å². The average Bonchev–Trinajstić information content (AvgIpc) is 2.30. The molecule has 0 bridgehead atoms. The van der Waals surface area contributed by atoms with Gasteiger partial charge in [-0.1, -0.05) is 25.0 Å². The van der Waals surface area contributed by atoms with Crippen molar-refractivity contribution >= 4 is 0 Å². The number of methoxy groups -OCH3 is 1. The summed E-state index contributed by atoms with van der Waals surface area (Å²) in [6, 6.07) is 8.07. The molecular formula is C13H18O2. The van der Waals surface area contributed by atoms with Crippen LogP contribution in [0.2, 0.25) is 0 Å². The van der Waals surface area contributed by atoms with Crippen LogP contribution in [-0.4, -0.2) is 18.3 Å². The molecule has 0 saturated heterocycles. The molecule has 0 amide bonds. The molecule has 1 fully saturated rings. The Morgan fingerprint density at radius 1 is 1.13 bits per heavy atom. The lowest BCUT2D eigenvalue weighted by molar-refractivity contribution is 0.106. The van der Waals surface area contributed by atoms with Crippen molar-refractivity contribution in [1.82, 2.24) is 0 Å². The van der Waals surface area contributed by atoms with Gasteiger partial charge in [0.2, 0.25) is 0 Å². The van der Waals surface area contributed by atoms with E-state index in [4.69, 9.17) is 4.74 Å². The predicted molar refractivity (Wildman–Crippen MR) is 60.2 cm³/mol. The second kappa shape index (κ2) is 4.67. The van der Waals surface area contributed by atoms with Crippen LogP contribution in [0.4, 0.5) is 0 Å². The highest BCUT2D eigenvalue weighted by Crippen LogP contribution is 2.33. The average molecular weight is 206 g/mol. The van der Waals surface area contributed by atoms with E-state index < -0.39 is 0 Å². The Balaban J connectivity index is 2.13. The maximum Gasteiger partial charge on any atom is 0.118 e. The zero-order chi connectivity index (χ0) is 10.7. The van der Waals surface area contributed by atoms with Gasteiger partial charge in [0.25, 0.3) is 0 Å². The van der Waals surface area contributed by atoms with E-state index in [9.17, 15) is 5.11 Å². The number of benzene rings is 1. The monoisotopic (exact) mass is 206 g/mol. The van der Waals surface area contributed by atoms with E-state index in [-0.39, 0.29) is 6.10 Å². The number of aliphatic hydroxyl groups excluding tert-OH is 1. The fourth-order valence-electron chi connectivity index (χ4n) is 2.35. The molecule has 1 N–H and O–H groups in total. The van der Waals surface area contributed by atoms with Gasteiger partial charge >= 0.3 is 0 Å². The zero-order valence-electron chi connectivity index (χ0n) is 9.15. The van der Waals surface area contributed by atoms with Crippen LogP contribution in [0.25, 0.3) is 0 Å². The van der Waals surface area contributed by atoms with Crippen molar-refractivity contribution in [2.75, 3.05) is 7.11 Å². The Kier molecular flexibility index (Phi) is 3.27. The van der Waals surface area contributed by atoms with Crippen LogP contribution in [-0.2, 0) is 0 Å². The molecular weight excluding hydrogens is 188 g/mol. The van der Waals surface area contributed by atoms with Gasteiger partial charge in [-0.2, -0.15) is 0 Å². The summed E-state index contributed by atoms with van der Waals surface area (Å²) in [6.45, 7) is 0. The third kappa shape index (κ3) is 2.32. The molecule has 1 aromatic carbocycles. The first-order chi connectivity index (χ1) is 7.31. The Morgan fingerprint density at radius 2 is 1.80 bits per heavy atom. The van der Waals surface area contributed by atoms with Crippen LogP contribution in [0.1, 0.15) is 37.2 Å². The van der Waals surface area contributed by atoms with Gasteiger partial charge in [0.1, 0.15) is 5.75 Å². The molecule has 0 radical (unpaired) electrons. The van der Waals surface area contributed by atoms with Crippen molar-refractivity contribution < 1.29 is 9.84 Å². The molecule has 2 nitrogen and oxygen atoms in total. The normalized spacial score (nSPS) is 26.3. The maximum absolute atomic E-state index is 9.92. The van der Waals surface area contributed by atoms with Gasteiger partial charge in [0.05, 0.1) is 13.2 Å². The topological polar surface area (TPSA) is 29.5 Å². The molecule has 2 heteroatoms. The molecule has 15 heavy (non-hydrogen) atoms. The Hall–Kier alpha value is -1.02. The molecule has 2 rings (SSSR count). The van der Waals surface area contributed by atoms with Crippen LogP contribution < -0.4 is 4.74 Å². The van der Waals surface area contributed by atoms with E-state index >= 15 is 0 Å². The molecule has 1 aromatic rings. The van der Waals surface area contributed by atoms with Gasteiger partial charge in [-0.3, -0.25) is 0 Å². The van der Waals surface area contributed by atoms with Crippen LogP contribution in [0.3, 0.4) is 0 Å². The molecule has 1 saturated carbocycles. The molecule has 0 heterocycles. The highest BCUT2D eigenvalue weighted by Gasteiger charge is 2.24. The molecule has 1 aliphatic rings. The molecule has 82 valence electrons. The summed E-state index contributed by atoms with van der Waals surface area (Å²) in [5.74, 6) is 1.20. The summed E-state index contributed by atoms with van der Waals surface area (Å²) in [6.07, 6.45) is 4.28. The van der Waals surface area contributed by atoms with Crippen molar-refractivity contribution in [1.29, 1.82) is 0 Å². The Bertz CT molecular complexity index is 305. The van der Waals surface area contributed by atoms with E-state index in [1.807, 2.05) is 12.1 Å². The van der Waals surface area contributed by atoms with Gasteiger partial charge in [0.15, 0.2) is 0 Å². The van der Waals surface area contributed by atoms with Crippen LogP contribution in [0.5, 0.6) is 5.75 Å². The summed E-state index contributed by atoms with van der Waals surface area (Å²) in [5, 5.41) is 9.92. The lowest BCUT2D eigenvalue weighted by Gasteiger charge is -2.27. The van der Waals surface area contributed by atoms with E-state index in [1.54, 1.807) is 7.11 Å². The number of aliphatic hydroxyl groups is 1. The van der Waals surface area contributed by atoms with Crippen molar-refractivity contribution in [3.05, 3.63) is 29.8 Å². The standard InChI is InChI=1S/C13H18O2/c1-15-11-8-6-10(7-9-11)12-4-2-3-5-13(12)14/h6-9,12-14H,2-5H2,1H3. The predicted octanol–water partition coefficient (Wildman–Crippen LogP) is 2.71. The minimum absolute atomic E-state index is 0.160. The minimum Gasteiger partial charge on any atom is -0.497 e. The zero-order valence-corrected chi connectivity index (χ0v) is 9.15. The maximum atomic E-state index is 9.92. The molecule has 2 unspecified atom stereocenters. The smallest absolute Gasteiger partial charge is 0.118 e. The van der Waals surface area contributed by atoms with Gasteiger partial charge in [-0.15, -0.1) is 0 Å². The summed E-state index contributed by atoms with van der Waals surface area (Å²) in [5.41, 5.74) is 1.24. The van der Waals surface area contributed by atoms with E-state index in [0.29, 0.717) is 5.92 Å². The largest absolute Gasteiger partial charge is 0.497 e. The lowest BCUT2D eigenvalue weighted by atomic mass is 9.82. The Labute approximate surface area is 90.9 Å². The van der Waals surface area contributed by atoms with Crippen LogP contribution >= 0.6 is 0 Å². The minimum atomic E-state index is -0.160. The second-order valence-electron chi connectivity index (χ2n) is 4.23. The number of hydrogen-bond acceptors (Lipinski definition) is 2. The number of rotatable bonds is 2. The molecule has 0 aliphatic heterocycles. The highest BCUT2D eigenvalue weighted by atomic mass is 16.5. The van der Waals surface area contributed by atoms with Crippen molar-refractivity contribution in [2.45, 2.75) is 37.7 Å². The molecule has 2 atom stereocenters. The van der Waals surface area contributed by atoms with Crippen LogP contribution in [0.15, 0.2) is 24.3 Å². The number of ether oxygens (including phenoxy) is 1. The van der Waals surface area contributed by atoms with Crippen molar-refractivity contribution in [3.63, 3.8) is 0 Å². The first-order valence-electron chi connectivity index (χ1n) is 5.63. The second-order valence-corrected chi connectivity index (χ2v) is 4.23. The first-order valence-corrected chi connectivity index (χ1v) is 5.63. The lowest BCUT2D eigenvalue weighted by Crippen LogP contribution is -2.22. The molecule has 0 aromatic heterocycles. The van der Waals surface area contributed by atoms with Gasteiger partial charge in [-0.25, -0.2) is 0 Å².